The van der Waals surface area contributed by atoms with Gasteiger partial charge in [0.05, 0.1) is 12.2 Å². The van der Waals surface area contributed by atoms with E-state index in [4.69, 9.17) is 5.73 Å². The molecular weight excluding hydrogens is 354 g/mol. The highest BCUT2D eigenvalue weighted by molar-refractivity contribution is 9.10. The number of nitrogens with zero attached hydrogens (tertiary/aromatic N) is 2. The van der Waals surface area contributed by atoms with Crippen LogP contribution in [0.4, 0.5) is 5.69 Å². The molecule has 1 aromatic carbocycles. The van der Waals surface area contributed by atoms with Crippen molar-refractivity contribution in [1.29, 1.82) is 0 Å². The second-order valence-corrected chi connectivity index (χ2v) is 6.81. The molecule has 0 fully saturated rings. The number of halogens is 1. The predicted octanol–water partition coefficient (Wildman–Crippen LogP) is 2.41. The van der Waals surface area contributed by atoms with Crippen molar-refractivity contribution in [1.82, 2.24) is 9.80 Å². The topological polar surface area (TPSA) is 66.6 Å². The van der Waals surface area contributed by atoms with Gasteiger partial charge in [0.15, 0.2) is 0 Å². The van der Waals surface area contributed by atoms with Crippen LogP contribution in [-0.2, 0) is 4.79 Å². The van der Waals surface area contributed by atoms with Crippen LogP contribution in [0.3, 0.4) is 0 Å². The highest BCUT2D eigenvalue weighted by Gasteiger charge is 2.22. The van der Waals surface area contributed by atoms with Crippen molar-refractivity contribution in [2.75, 3.05) is 33.4 Å². The molecule has 2 rings (SSSR count). The second kappa shape index (κ2) is 6.03. The lowest BCUT2D eigenvalue weighted by atomic mass is 10.2. The number of likely N-dealkylation sites (N-methyl/N-ethyl adjacent to an activating group) is 2. The van der Waals surface area contributed by atoms with Gasteiger partial charge in [0.2, 0.25) is 5.91 Å². The molecule has 1 heterocycles. The van der Waals surface area contributed by atoms with Gasteiger partial charge in [0.25, 0.3) is 5.91 Å². The lowest BCUT2D eigenvalue weighted by Gasteiger charge is -2.18. The van der Waals surface area contributed by atoms with E-state index in [1.54, 1.807) is 21.1 Å². The van der Waals surface area contributed by atoms with Gasteiger partial charge in [-0.05, 0) is 12.1 Å². The molecule has 7 heteroatoms. The summed E-state index contributed by atoms with van der Waals surface area (Å²) in [5, 5.41) is 0.846. The molecule has 0 aliphatic carbocycles. The fraction of sp³-hybridized carbons (Fsp3) is 0.286. The maximum Gasteiger partial charge on any atom is 0.266 e. The van der Waals surface area contributed by atoms with Gasteiger partial charge >= 0.3 is 0 Å². The molecule has 1 aromatic heterocycles. The molecule has 0 atom stereocenters. The quantitative estimate of drug-likeness (QED) is 0.902. The zero-order valence-electron chi connectivity index (χ0n) is 12.0. The molecule has 0 saturated carbocycles. The number of nitrogen functional groups attached to an aromatic ring is 1. The number of fused-ring (bicyclic) bond motifs is 1. The van der Waals surface area contributed by atoms with Crippen LogP contribution in [-0.4, -0.2) is 49.3 Å². The Kier molecular flexibility index (Phi) is 4.53. The summed E-state index contributed by atoms with van der Waals surface area (Å²) in [4.78, 5) is 27.5. The number of rotatable bonds is 3. The molecule has 0 bridgehead atoms. The van der Waals surface area contributed by atoms with Gasteiger partial charge in [-0.3, -0.25) is 9.59 Å². The highest BCUT2D eigenvalue weighted by atomic mass is 79.9. The van der Waals surface area contributed by atoms with Crippen LogP contribution >= 0.6 is 27.3 Å². The number of anilines is 1. The monoisotopic (exact) mass is 369 g/mol. The van der Waals surface area contributed by atoms with Crippen molar-refractivity contribution < 1.29 is 9.59 Å². The van der Waals surface area contributed by atoms with Gasteiger partial charge in [0, 0.05) is 35.7 Å². The molecule has 0 aliphatic heterocycles. The Labute approximate surface area is 135 Å². The Bertz CT molecular complexity index is 712. The summed E-state index contributed by atoms with van der Waals surface area (Å²) in [5.41, 5.74) is 6.56. The van der Waals surface area contributed by atoms with Crippen LogP contribution in [0.2, 0.25) is 0 Å². The number of hydrogen-bond acceptors (Lipinski definition) is 4. The van der Waals surface area contributed by atoms with E-state index in [2.05, 4.69) is 15.9 Å². The number of hydrogen-bond donors (Lipinski definition) is 1. The zero-order chi connectivity index (χ0) is 15.7. The number of nitrogens with two attached hydrogens (primary N) is 1. The normalized spacial score (nSPS) is 10.7. The van der Waals surface area contributed by atoms with E-state index in [0.717, 1.165) is 14.6 Å². The smallest absolute Gasteiger partial charge is 0.266 e. The third-order valence-corrected chi connectivity index (χ3v) is 4.93. The zero-order valence-corrected chi connectivity index (χ0v) is 14.4. The first-order valence-corrected chi connectivity index (χ1v) is 7.86. The van der Waals surface area contributed by atoms with Crippen molar-refractivity contribution in [3.8, 4) is 0 Å². The summed E-state index contributed by atoms with van der Waals surface area (Å²) in [6, 6.07) is 5.71. The fourth-order valence-corrected chi connectivity index (χ4v) is 3.73. The molecule has 2 amide bonds. The molecule has 2 N–H and O–H groups in total. The number of amides is 2. The van der Waals surface area contributed by atoms with E-state index < -0.39 is 0 Å². The summed E-state index contributed by atoms with van der Waals surface area (Å²) in [5.74, 6) is -0.373. The summed E-state index contributed by atoms with van der Waals surface area (Å²) in [6.45, 7) is 0.0285. The third kappa shape index (κ3) is 3.03. The van der Waals surface area contributed by atoms with Crippen LogP contribution in [0.1, 0.15) is 9.67 Å². The SMILES string of the molecule is CN(C)C(=O)CN(C)C(=O)c1sc2cccc(Br)c2c1N. The molecule has 0 spiro atoms. The first kappa shape index (κ1) is 15.8. The minimum atomic E-state index is -0.240. The molecule has 2 aromatic rings. The Balaban J connectivity index is 2.34. The average Bonchev–Trinajstić information content (AvgIpc) is 2.76. The number of benzene rings is 1. The summed E-state index contributed by atoms with van der Waals surface area (Å²) >= 11 is 4.79. The van der Waals surface area contributed by atoms with Crippen molar-refractivity contribution in [2.45, 2.75) is 0 Å². The molecule has 0 radical (unpaired) electrons. The predicted molar refractivity (Wildman–Crippen MR) is 89.6 cm³/mol. The Morgan fingerprint density at radius 1 is 1.29 bits per heavy atom. The molecule has 21 heavy (non-hydrogen) atoms. The first-order chi connectivity index (χ1) is 9.82. The summed E-state index contributed by atoms with van der Waals surface area (Å²) in [7, 11) is 4.92. The highest BCUT2D eigenvalue weighted by Crippen LogP contribution is 2.38. The largest absolute Gasteiger partial charge is 0.397 e. The van der Waals surface area contributed by atoms with E-state index >= 15 is 0 Å². The lowest BCUT2D eigenvalue weighted by molar-refractivity contribution is -0.129. The molecule has 0 saturated heterocycles. The van der Waals surface area contributed by atoms with Crippen molar-refractivity contribution in [2.24, 2.45) is 0 Å². The van der Waals surface area contributed by atoms with Crippen LogP contribution in [0.5, 0.6) is 0 Å². The van der Waals surface area contributed by atoms with Gasteiger partial charge in [0.1, 0.15) is 4.88 Å². The lowest BCUT2D eigenvalue weighted by Crippen LogP contribution is -2.37. The van der Waals surface area contributed by atoms with Gasteiger partial charge < -0.3 is 15.5 Å². The minimum Gasteiger partial charge on any atom is -0.397 e. The average molecular weight is 370 g/mol. The van der Waals surface area contributed by atoms with E-state index in [9.17, 15) is 9.59 Å². The maximum absolute atomic E-state index is 12.5. The van der Waals surface area contributed by atoms with Crippen LogP contribution < -0.4 is 5.73 Å². The van der Waals surface area contributed by atoms with E-state index in [1.165, 1.54) is 21.1 Å². The van der Waals surface area contributed by atoms with Crippen molar-refractivity contribution in [3.05, 3.63) is 27.5 Å². The van der Waals surface area contributed by atoms with Crippen molar-refractivity contribution >= 4 is 54.9 Å². The standard InChI is InChI=1S/C14H16BrN3O2S/c1-17(2)10(19)7-18(3)14(20)13-12(16)11-8(15)5-4-6-9(11)21-13/h4-6H,7,16H2,1-3H3. The van der Waals surface area contributed by atoms with Crippen molar-refractivity contribution in [3.63, 3.8) is 0 Å². The molecule has 5 nitrogen and oxygen atoms in total. The summed E-state index contributed by atoms with van der Waals surface area (Å²) in [6.07, 6.45) is 0. The minimum absolute atomic E-state index is 0.0285. The van der Waals surface area contributed by atoms with Gasteiger partial charge in [-0.25, -0.2) is 0 Å². The summed E-state index contributed by atoms with van der Waals surface area (Å²) < 4.78 is 1.80. The number of carbonyl (C=O) groups excluding carboxylic acids is 2. The Morgan fingerprint density at radius 3 is 2.52 bits per heavy atom. The Morgan fingerprint density at radius 2 is 1.95 bits per heavy atom. The number of carbonyl (C=O) groups is 2. The molecular formula is C14H16BrN3O2S. The molecule has 112 valence electrons. The van der Waals surface area contributed by atoms with Gasteiger partial charge in [-0.15, -0.1) is 11.3 Å². The maximum atomic E-state index is 12.5. The van der Waals surface area contributed by atoms with Crippen LogP contribution in [0.15, 0.2) is 22.7 Å². The molecule has 0 unspecified atom stereocenters. The van der Waals surface area contributed by atoms with Crippen LogP contribution in [0, 0.1) is 0 Å². The Hall–Kier alpha value is -1.60. The van der Waals surface area contributed by atoms with E-state index in [0.29, 0.717) is 10.6 Å². The first-order valence-electron chi connectivity index (χ1n) is 6.25. The van der Waals surface area contributed by atoms with Gasteiger partial charge in [-0.1, -0.05) is 22.0 Å². The van der Waals surface area contributed by atoms with Crippen LogP contribution in [0.25, 0.3) is 10.1 Å². The van der Waals surface area contributed by atoms with E-state index in [-0.39, 0.29) is 18.4 Å². The van der Waals surface area contributed by atoms with E-state index in [1.807, 2.05) is 18.2 Å². The fourth-order valence-electron chi connectivity index (χ4n) is 1.88. The number of thiophene rings is 1. The van der Waals surface area contributed by atoms with Gasteiger partial charge in [-0.2, -0.15) is 0 Å². The molecule has 0 aliphatic rings. The third-order valence-electron chi connectivity index (χ3n) is 3.11. The second-order valence-electron chi connectivity index (χ2n) is 4.91.